The summed E-state index contributed by atoms with van der Waals surface area (Å²) in [5, 5.41) is 0. The number of anilines is 1. The lowest BCUT2D eigenvalue weighted by atomic mass is 9.89. The molecular formula is C29H26FNO2. The molecule has 0 spiro atoms. The molecule has 0 amide bonds. The minimum atomic E-state index is -0.391. The highest BCUT2D eigenvalue weighted by Gasteiger charge is 2.16. The predicted octanol–water partition coefficient (Wildman–Crippen LogP) is 6.54. The molecule has 2 N–H and O–H groups in total. The van der Waals surface area contributed by atoms with Gasteiger partial charge < -0.3 is 5.73 Å². The molecule has 0 heterocycles. The van der Waals surface area contributed by atoms with Gasteiger partial charge in [0, 0.05) is 23.2 Å². The Morgan fingerprint density at radius 1 is 0.848 bits per heavy atom. The van der Waals surface area contributed by atoms with Gasteiger partial charge in [0.15, 0.2) is 5.78 Å². The number of nitrogen functional groups attached to an aromatic ring is 1. The van der Waals surface area contributed by atoms with Crippen molar-refractivity contribution < 1.29 is 14.0 Å². The first kappa shape index (κ1) is 23.6. The van der Waals surface area contributed by atoms with Crippen molar-refractivity contribution in [3.8, 4) is 11.1 Å². The lowest BCUT2D eigenvalue weighted by molar-refractivity contribution is 0.0992. The topological polar surface area (TPSA) is 60.2 Å². The first-order chi connectivity index (χ1) is 15.5. The molecule has 0 unspecified atom stereocenters. The van der Waals surface area contributed by atoms with Gasteiger partial charge in [0.25, 0.3) is 0 Å². The van der Waals surface area contributed by atoms with Gasteiger partial charge in [-0.05, 0) is 70.6 Å². The van der Waals surface area contributed by atoms with E-state index in [1.807, 2.05) is 42.5 Å². The van der Waals surface area contributed by atoms with Crippen LogP contribution >= 0.6 is 0 Å². The van der Waals surface area contributed by atoms with Gasteiger partial charge in [0.2, 0.25) is 0 Å². The average molecular weight is 440 g/mol. The average Bonchev–Trinajstić information content (AvgIpc) is 2.81. The normalized spacial score (nSPS) is 10.3. The maximum absolute atomic E-state index is 13.3. The fourth-order valence-corrected chi connectivity index (χ4v) is 3.82. The molecule has 0 aromatic heterocycles. The largest absolute Gasteiger partial charge is 0.398 e. The van der Waals surface area contributed by atoms with Crippen molar-refractivity contribution in [2.24, 2.45) is 0 Å². The molecule has 4 aromatic carbocycles. The Kier molecular flexibility index (Phi) is 7.52. The molecule has 0 bridgehead atoms. The van der Waals surface area contributed by atoms with Crippen LogP contribution in [-0.4, -0.2) is 12.1 Å². The van der Waals surface area contributed by atoms with Crippen LogP contribution in [0.25, 0.3) is 11.1 Å². The second-order valence-electron chi connectivity index (χ2n) is 7.72. The predicted molar refractivity (Wildman–Crippen MR) is 132 cm³/mol. The molecule has 0 radical (unpaired) electrons. The van der Waals surface area contributed by atoms with E-state index in [0.717, 1.165) is 28.5 Å². The van der Waals surface area contributed by atoms with Crippen LogP contribution in [0.1, 0.15) is 44.8 Å². The van der Waals surface area contributed by atoms with E-state index in [9.17, 15) is 14.0 Å². The summed E-state index contributed by atoms with van der Waals surface area (Å²) in [6, 6.07) is 26.7. The highest BCUT2D eigenvalue weighted by Crippen LogP contribution is 2.32. The van der Waals surface area contributed by atoms with E-state index in [1.54, 1.807) is 12.1 Å². The van der Waals surface area contributed by atoms with Crippen LogP contribution in [0.15, 0.2) is 91.0 Å². The lowest BCUT2D eigenvalue weighted by Crippen LogP contribution is -2.08. The van der Waals surface area contributed by atoms with Crippen LogP contribution < -0.4 is 5.73 Å². The number of hydrogen-bond acceptors (Lipinski definition) is 3. The van der Waals surface area contributed by atoms with Crippen molar-refractivity contribution in [1.29, 1.82) is 0 Å². The summed E-state index contributed by atoms with van der Waals surface area (Å²) in [5.74, 6) is -0.544. The number of hydrogen-bond donors (Lipinski definition) is 1. The molecule has 0 aliphatic rings. The Labute approximate surface area is 193 Å². The van der Waals surface area contributed by atoms with Crippen LogP contribution in [0.4, 0.5) is 10.1 Å². The fourth-order valence-electron chi connectivity index (χ4n) is 3.82. The van der Waals surface area contributed by atoms with Crippen molar-refractivity contribution in [3.63, 3.8) is 0 Å². The molecule has 0 aliphatic heterocycles. The SMILES string of the molecule is C.Nc1cc(Cc2ccccc2)cc(-c2cccc(C=O)c2)c1CC(=O)c1ccc(F)cc1. The van der Waals surface area contributed by atoms with Gasteiger partial charge in [-0.25, -0.2) is 4.39 Å². The van der Waals surface area contributed by atoms with E-state index in [-0.39, 0.29) is 19.6 Å². The van der Waals surface area contributed by atoms with Crippen molar-refractivity contribution in [2.75, 3.05) is 5.73 Å². The van der Waals surface area contributed by atoms with Crippen LogP contribution in [-0.2, 0) is 12.8 Å². The zero-order valence-corrected chi connectivity index (χ0v) is 17.4. The number of aldehydes is 1. The third kappa shape index (κ3) is 5.60. The van der Waals surface area contributed by atoms with Crippen LogP contribution in [0.2, 0.25) is 0 Å². The molecule has 0 fully saturated rings. The third-order valence-corrected chi connectivity index (χ3v) is 5.43. The Morgan fingerprint density at radius 3 is 2.27 bits per heavy atom. The highest BCUT2D eigenvalue weighted by molar-refractivity contribution is 5.99. The van der Waals surface area contributed by atoms with Crippen molar-refractivity contribution >= 4 is 17.8 Å². The van der Waals surface area contributed by atoms with Gasteiger partial charge in [0.1, 0.15) is 12.1 Å². The smallest absolute Gasteiger partial charge is 0.167 e. The molecule has 0 aliphatic carbocycles. The van der Waals surface area contributed by atoms with Gasteiger partial charge in [0.05, 0.1) is 0 Å². The van der Waals surface area contributed by atoms with E-state index in [4.69, 9.17) is 5.73 Å². The molecule has 0 atom stereocenters. The Bertz CT molecular complexity index is 1260. The summed E-state index contributed by atoms with van der Waals surface area (Å²) < 4.78 is 13.3. The second kappa shape index (κ2) is 10.5. The van der Waals surface area contributed by atoms with Crippen LogP contribution in [0.5, 0.6) is 0 Å². The molecular weight excluding hydrogens is 413 g/mol. The Hall–Kier alpha value is -4.05. The number of Topliss-reactive ketones (excluding diaryl/α,β-unsaturated/α-hetero) is 1. The quantitative estimate of drug-likeness (QED) is 0.202. The van der Waals surface area contributed by atoms with Gasteiger partial charge in [-0.2, -0.15) is 0 Å². The van der Waals surface area contributed by atoms with Crippen molar-refractivity contribution in [1.82, 2.24) is 0 Å². The first-order valence-corrected chi connectivity index (χ1v) is 10.3. The molecule has 4 aromatic rings. The molecule has 0 saturated carbocycles. The Balaban J connectivity index is 0.00000306. The minimum absolute atomic E-state index is 0. The van der Waals surface area contributed by atoms with Gasteiger partial charge in [-0.15, -0.1) is 0 Å². The second-order valence-corrected chi connectivity index (χ2v) is 7.72. The number of ketones is 1. The monoisotopic (exact) mass is 439 g/mol. The summed E-state index contributed by atoms with van der Waals surface area (Å²) in [7, 11) is 0. The molecule has 33 heavy (non-hydrogen) atoms. The summed E-state index contributed by atoms with van der Waals surface area (Å²) in [4.78, 5) is 24.3. The number of benzene rings is 4. The molecule has 3 nitrogen and oxygen atoms in total. The van der Waals surface area contributed by atoms with E-state index in [0.29, 0.717) is 28.8 Å². The summed E-state index contributed by atoms with van der Waals surface area (Å²) in [5.41, 5.74) is 12.4. The zero-order chi connectivity index (χ0) is 22.5. The number of nitrogens with two attached hydrogens (primary N) is 1. The molecule has 166 valence electrons. The fraction of sp³-hybridized carbons (Fsp3) is 0.103. The van der Waals surface area contributed by atoms with E-state index < -0.39 is 5.82 Å². The summed E-state index contributed by atoms with van der Waals surface area (Å²) >= 11 is 0. The lowest BCUT2D eigenvalue weighted by Gasteiger charge is -2.16. The number of halogens is 1. The first-order valence-electron chi connectivity index (χ1n) is 10.3. The maximum Gasteiger partial charge on any atom is 0.167 e. The van der Waals surface area contributed by atoms with Crippen molar-refractivity contribution in [3.05, 3.63) is 125 Å². The maximum atomic E-state index is 13.3. The number of carbonyl (C=O) groups excluding carboxylic acids is 2. The van der Waals surface area contributed by atoms with Gasteiger partial charge in [-0.3, -0.25) is 9.59 Å². The highest BCUT2D eigenvalue weighted by atomic mass is 19.1. The Morgan fingerprint density at radius 2 is 1.58 bits per heavy atom. The van der Waals surface area contributed by atoms with E-state index in [1.165, 1.54) is 24.3 Å². The van der Waals surface area contributed by atoms with E-state index >= 15 is 0 Å². The molecule has 4 heteroatoms. The molecule has 4 rings (SSSR count). The zero-order valence-electron chi connectivity index (χ0n) is 17.4. The van der Waals surface area contributed by atoms with Crippen LogP contribution in [0.3, 0.4) is 0 Å². The molecule has 0 saturated heterocycles. The summed E-state index contributed by atoms with van der Waals surface area (Å²) in [6.07, 6.45) is 1.56. The van der Waals surface area contributed by atoms with Crippen LogP contribution in [0, 0.1) is 5.82 Å². The third-order valence-electron chi connectivity index (χ3n) is 5.43. The number of carbonyl (C=O) groups is 2. The van der Waals surface area contributed by atoms with Gasteiger partial charge in [-0.1, -0.05) is 62.0 Å². The van der Waals surface area contributed by atoms with E-state index in [2.05, 4.69) is 12.1 Å². The standard InChI is InChI=1S/C28H22FNO2.CH4/c29-24-11-9-22(10-12-24)28(32)17-26-25(23-8-4-7-20(14-23)18-31)15-21(16-27(26)30)13-19-5-2-1-3-6-19;/h1-12,14-16,18H,13,17,30H2;1H4. The summed E-state index contributed by atoms with van der Waals surface area (Å²) in [6.45, 7) is 0. The van der Waals surface area contributed by atoms with Crippen molar-refractivity contribution in [2.45, 2.75) is 20.3 Å². The van der Waals surface area contributed by atoms with Gasteiger partial charge >= 0.3 is 0 Å². The minimum Gasteiger partial charge on any atom is -0.398 e. The number of rotatable bonds is 7.